The summed E-state index contributed by atoms with van der Waals surface area (Å²) in [7, 11) is 0. The topological polar surface area (TPSA) is 59.9 Å². The largest absolute Gasteiger partial charge is 0.493 e. The minimum absolute atomic E-state index is 0.184. The number of benzene rings is 3. The van der Waals surface area contributed by atoms with Crippen LogP contribution in [0.3, 0.4) is 0 Å². The van der Waals surface area contributed by atoms with E-state index in [0.29, 0.717) is 17.4 Å². The molecule has 0 unspecified atom stereocenters. The van der Waals surface area contributed by atoms with Gasteiger partial charge in [-0.25, -0.2) is 5.43 Å². The van der Waals surface area contributed by atoms with E-state index in [0.717, 1.165) is 34.9 Å². The number of rotatable bonds is 9. The van der Waals surface area contributed by atoms with Gasteiger partial charge in [0, 0.05) is 5.56 Å². The molecule has 3 aromatic rings. The molecule has 0 aliphatic rings. The predicted molar refractivity (Wildman–Crippen MR) is 117 cm³/mol. The number of para-hydroxylation sites is 1. The molecule has 0 aliphatic heterocycles. The molecule has 0 atom stereocenters. The van der Waals surface area contributed by atoms with Crippen molar-refractivity contribution < 1.29 is 14.3 Å². The van der Waals surface area contributed by atoms with Crippen molar-refractivity contribution in [2.75, 3.05) is 13.2 Å². The van der Waals surface area contributed by atoms with Crippen LogP contribution in [0.15, 0.2) is 65.8 Å². The highest BCUT2D eigenvalue weighted by molar-refractivity contribution is 6.32. The molecule has 0 spiro atoms. The standard InChI is InChI=1S/C23H23ClN2O3/c1-2-3-14-28-21-13-12-17-8-4-5-9-18(17)19(21)15-25-26-23(27)16-29-22-11-7-6-10-20(22)24/h4-13,15H,2-3,14,16H2,1H3,(H,26,27)/b25-15+. The summed E-state index contributed by atoms with van der Waals surface area (Å²) < 4.78 is 11.3. The first-order valence-electron chi connectivity index (χ1n) is 9.53. The lowest BCUT2D eigenvalue weighted by Gasteiger charge is -2.11. The summed E-state index contributed by atoms with van der Waals surface area (Å²) in [6, 6.07) is 18.9. The van der Waals surface area contributed by atoms with E-state index in [4.69, 9.17) is 21.1 Å². The molecule has 1 N–H and O–H groups in total. The lowest BCUT2D eigenvalue weighted by molar-refractivity contribution is -0.123. The van der Waals surface area contributed by atoms with Crippen LogP contribution < -0.4 is 14.9 Å². The maximum atomic E-state index is 12.1. The smallest absolute Gasteiger partial charge is 0.277 e. The van der Waals surface area contributed by atoms with Crippen LogP contribution in [0.2, 0.25) is 5.02 Å². The summed E-state index contributed by atoms with van der Waals surface area (Å²) in [6.07, 6.45) is 3.63. The monoisotopic (exact) mass is 410 g/mol. The van der Waals surface area contributed by atoms with Crippen LogP contribution in [-0.4, -0.2) is 25.3 Å². The Morgan fingerprint density at radius 3 is 2.66 bits per heavy atom. The highest BCUT2D eigenvalue weighted by Crippen LogP contribution is 2.27. The Hall–Kier alpha value is -3.05. The number of carbonyl (C=O) groups is 1. The van der Waals surface area contributed by atoms with Gasteiger partial charge in [0.1, 0.15) is 11.5 Å². The molecule has 0 saturated heterocycles. The number of carbonyl (C=O) groups excluding carboxylic acids is 1. The average molecular weight is 411 g/mol. The van der Waals surface area contributed by atoms with E-state index < -0.39 is 0 Å². The molecule has 0 heterocycles. The highest BCUT2D eigenvalue weighted by Gasteiger charge is 2.08. The molecular formula is C23H23ClN2O3. The Morgan fingerprint density at radius 2 is 1.83 bits per heavy atom. The number of halogens is 1. The number of unbranched alkanes of at least 4 members (excludes halogenated alkanes) is 1. The summed E-state index contributed by atoms with van der Waals surface area (Å²) in [5.74, 6) is 0.811. The zero-order valence-corrected chi connectivity index (χ0v) is 17.0. The van der Waals surface area contributed by atoms with Gasteiger partial charge < -0.3 is 9.47 Å². The number of fused-ring (bicyclic) bond motifs is 1. The predicted octanol–water partition coefficient (Wildman–Crippen LogP) is 5.20. The summed E-state index contributed by atoms with van der Waals surface area (Å²) in [6.45, 7) is 2.57. The van der Waals surface area contributed by atoms with E-state index in [9.17, 15) is 4.79 Å². The molecule has 1 amide bonds. The average Bonchev–Trinajstić information content (AvgIpc) is 2.74. The second kappa shape index (κ2) is 10.5. The number of hydrazone groups is 1. The number of nitrogens with one attached hydrogen (secondary N) is 1. The SMILES string of the molecule is CCCCOc1ccc2ccccc2c1/C=N/NC(=O)COc1ccccc1Cl. The van der Waals surface area contributed by atoms with Gasteiger partial charge in [-0.3, -0.25) is 4.79 Å². The van der Waals surface area contributed by atoms with Crippen molar-refractivity contribution in [1.29, 1.82) is 0 Å². The van der Waals surface area contributed by atoms with Crippen molar-refractivity contribution in [1.82, 2.24) is 5.43 Å². The first kappa shape index (κ1) is 20.7. The Morgan fingerprint density at radius 1 is 1.03 bits per heavy atom. The second-order valence-corrected chi connectivity index (χ2v) is 6.82. The van der Waals surface area contributed by atoms with Crippen LogP contribution in [-0.2, 0) is 4.79 Å². The van der Waals surface area contributed by atoms with Gasteiger partial charge >= 0.3 is 0 Å². The summed E-state index contributed by atoms with van der Waals surface area (Å²) in [4.78, 5) is 12.1. The molecular weight excluding hydrogens is 388 g/mol. The van der Waals surface area contributed by atoms with E-state index in [2.05, 4.69) is 17.5 Å². The quantitative estimate of drug-likeness (QED) is 0.299. The number of amides is 1. The fourth-order valence-corrected chi connectivity index (χ4v) is 2.96. The van der Waals surface area contributed by atoms with Gasteiger partial charge in [0.2, 0.25) is 0 Å². The molecule has 0 fully saturated rings. The fourth-order valence-electron chi connectivity index (χ4n) is 2.77. The van der Waals surface area contributed by atoms with E-state index >= 15 is 0 Å². The van der Waals surface area contributed by atoms with E-state index in [-0.39, 0.29) is 12.5 Å². The van der Waals surface area contributed by atoms with E-state index in [1.807, 2.05) is 36.4 Å². The Bertz CT molecular complexity index is 1000. The summed E-state index contributed by atoms with van der Waals surface area (Å²) in [5, 5.41) is 6.63. The molecule has 0 saturated carbocycles. The third kappa shape index (κ3) is 5.72. The van der Waals surface area contributed by atoms with Crippen molar-refractivity contribution in [3.63, 3.8) is 0 Å². The van der Waals surface area contributed by atoms with Gasteiger partial charge in [0.15, 0.2) is 6.61 Å². The normalized spacial score (nSPS) is 11.0. The van der Waals surface area contributed by atoms with Gasteiger partial charge in [0.25, 0.3) is 5.91 Å². The van der Waals surface area contributed by atoms with Crippen molar-refractivity contribution in [3.05, 3.63) is 71.2 Å². The molecule has 0 radical (unpaired) electrons. The Kier molecular flexibility index (Phi) is 7.47. The van der Waals surface area contributed by atoms with Crippen molar-refractivity contribution >= 4 is 34.5 Å². The maximum Gasteiger partial charge on any atom is 0.277 e. The first-order chi connectivity index (χ1) is 14.2. The van der Waals surface area contributed by atoms with Crippen LogP contribution in [0.25, 0.3) is 10.8 Å². The molecule has 0 bridgehead atoms. The third-order valence-corrected chi connectivity index (χ3v) is 4.58. The Balaban J connectivity index is 1.69. The van der Waals surface area contributed by atoms with Gasteiger partial charge in [-0.2, -0.15) is 5.10 Å². The summed E-state index contributed by atoms with van der Waals surface area (Å²) in [5.41, 5.74) is 3.31. The van der Waals surface area contributed by atoms with E-state index in [1.165, 1.54) is 0 Å². The van der Waals surface area contributed by atoms with Crippen molar-refractivity contribution in [2.24, 2.45) is 5.10 Å². The highest BCUT2D eigenvalue weighted by atomic mass is 35.5. The lowest BCUT2D eigenvalue weighted by Crippen LogP contribution is -2.24. The minimum atomic E-state index is -0.380. The third-order valence-electron chi connectivity index (χ3n) is 4.26. The zero-order chi connectivity index (χ0) is 20.5. The van der Waals surface area contributed by atoms with Gasteiger partial charge in [-0.15, -0.1) is 0 Å². The molecule has 3 rings (SSSR count). The molecule has 6 heteroatoms. The maximum absolute atomic E-state index is 12.1. The second-order valence-electron chi connectivity index (χ2n) is 6.41. The number of nitrogens with zero attached hydrogens (tertiary/aromatic N) is 1. The molecule has 3 aromatic carbocycles. The first-order valence-corrected chi connectivity index (χ1v) is 9.90. The fraction of sp³-hybridized carbons (Fsp3) is 0.217. The number of ether oxygens (including phenoxy) is 2. The number of hydrogen-bond acceptors (Lipinski definition) is 4. The van der Waals surface area contributed by atoms with Crippen molar-refractivity contribution in [3.8, 4) is 11.5 Å². The molecule has 5 nitrogen and oxygen atoms in total. The van der Waals surface area contributed by atoms with Crippen molar-refractivity contribution in [2.45, 2.75) is 19.8 Å². The summed E-state index contributed by atoms with van der Waals surface area (Å²) >= 11 is 6.02. The van der Waals surface area contributed by atoms with Crippen LogP contribution in [0.1, 0.15) is 25.3 Å². The van der Waals surface area contributed by atoms with Gasteiger partial charge in [-0.1, -0.05) is 67.4 Å². The van der Waals surface area contributed by atoms with Crippen LogP contribution in [0.4, 0.5) is 0 Å². The zero-order valence-electron chi connectivity index (χ0n) is 16.2. The molecule has 29 heavy (non-hydrogen) atoms. The van der Waals surface area contributed by atoms with E-state index in [1.54, 1.807) is 30.5 Å². The van der Waals surface area contributed by atoms with Gasteiger partial charge in [0.05, 0.1) is 17.8 Å². The number of hydrogen-bond donors (Lipinski definition) is 1. The Labute approximate surface area is 175 Å². The van der Waals surface area contributed by atoms with Crippen LogP contribution in [0, 0.1) is 0 Å². The minimum Gasteiger partial charge on any atom is -0.493 e. The molecule has 0 aromatic heterocycles. The molecule has 0 aliphatic carbocycles. The van der Waals surface area contributed by atoms with Crippen LogP contribution >= 0.6 is 11.6 Å². The lowest BCUT2D eigenvalue weighted by atomic mass is 10.0. The molecule has 150 valence electrons. The van der Waals surface area contributed by atoms with Crippen LogP contribution in [0.5, 0.6) is 11.5 Å². The van der Waals surface area contributed by atoms with Gasteiger partial charge in [-0.05, 0) is 35.4 Å².